The van der Waals surface area contributed by atoms with Gasteiger partial charge in [0.1, 0.15) is 0 Å². The Morgan fingerprint density at radius 2 is 2.07 bits per heavy atom. The maximum atomic E-state index is 5.64. The average molecular weight is 199 g/mol. The topological polar surface area (TPSA) is 32.5 Å². The van der Waals surface area contributed by atoms with Gasteiger partial charge >= 0.3 is 0 Å². The fourth-order valence-corrected chi connectivity index (χ4v) is 2.38. The molecule has 1 aliphatic heterocycles. The van der Waals surface area contributed by atoms with Crippen molar-refractivity contribution in [1.29, 1.82) is 0 Å². The molecule has 1 rings (SSSR count). The number of nitrogens with zero attached hydrogens (tertiary/aromatic N) is 2. The van der Waals surface area contributed by atoms with E-state index in [1.807, 2.05) is 0 Å². The fourth-order valence-electron chi connectivity index (χ4n) is 2.38. The van der Waals surface area contributed by atoms with Crippen molar-refractivity contribution in [3.8, 4) is 0 Å². The van der Waals surface area contributed by atoms with Gasteiger partial charge in [-0.05, 0) is 32.5 Å². The third kappa shape index (κ3) is 2.94. The van der Waals surface area contributed by atoms with Crippen molar-refractivity contribution in [3.63, 3.8) is 0 Å². The molecule has 1 fully saturated rings. The van der Waals surface area contributed by atoms with Gasteiger partial charge in [-0.25, -0.2) is 0 Å². The van der Waals surface area contributed by atoms with Gasteiger partial charge in [-0.1, -0.05) is 13.8 Å². The zero-order valence-corrected chi connectivity index (χ0v) is 10.0. The molecule has 3 nitrogen and oxygen atoms in total. The van der Waals surface area contributed by atoms with Crippen LogP contribution >= 0.6 is 0 Å². The van der Waals surface area contributed by atoms with E-state index in [0.717, 1.165) is 25.0 Å². The Bertz CT molecular complexity index is 170. The van der Waals surface area contributed by atoms with Crippen molar-refractivity contribution in [2.24, 2.45) is 17.6 Å². The SMILES string of the molecule is CC(CN)CN1CC(C)C(N(C)C)C1. The Morgan fingerprint density at radius 1 is 1.43 bits per heavy atom. The third-order valence-electron chi connectivity index (χ3n) is 3.28. The normalized spacial score (nSPS) is 31.3. The number of likely N-dealkylation sites (tertiary alicyclic amines) is 1. The molecular weight excluding hydrogens is 174 g/mol. The first kappa shape index (κ1) is 12.0. The molecule has 3 atom stereocenters. The van der Waals surface area contributed by atoms with E-state index in [1.165, 1.54) is 13.1 Å². The maximum absolute atomic E-state index is 5.64. The molecular formula is C11H25N3. The monoisotopic (exact) mass is 199 g/mol. The van der Waals surface area contributed by atoms with Gasteiger partial charge in [0.2, 0.25) is 0 Å². The molecule has 0 saturated carbocycles. The van der Waals surface area contributed by atoms with Crippen LogP contribution in [0, 0.1) is 11.8 Å². The van der Waals surface area contributed by atoms with Crippen molar-refractivity contribution in [3.05, 3.63) is 0 Å². The summed E-state index contributed by atoms with van der Waals surface area (Å²) in [5.74, 6) is 1.41. The molecule has 1 aliphatic rings. The molecule has 0 aliphatic carbocycles. The molecule has 3 unspecified atom stereocenters. The van der Waals surface area contributed by atoms with Gasteiger partial charge in [-0.2, -0.15) is 0 Å². The first-order valence-corrected chi connectivity index (χ1v) is 5.63. The van der Waals surface area contributed by atoms with Crippen molar-refractivity contribution in [1.82, 2.24) is 9.80 Å². The number of nitrogens with two attached hydrogens (primary N) is 1. The van der Waals surface area contributed by atoms with Crippen molar-refractivity contribution >= 4 is 0 Å². The zero-order chi connectivity index (χ0) is 10.7. The second kappa shape index (κ2) is 5.10. The summed E-state index contributed by atoms with van der Waals surface area (Å²) in [7, 11) is 4.36. The van der Waals surface area contributed by atoms with Crippen LogP contribution in [0.3, 0.4) is 0 Å². The zero-order valence-electron chi connectivity index (χ0n) is 10.0. The highest BCUT2D eigenvalue weighted by atomic mass is 15.2. The average Bonchev–Trinajstić information content (AvgIpc) is 2.46. The van der Waals surface area contributed by atoms with Crippen LogP contribution in [0.25, 0.3) is 0 Å². The van der Waals surface area contributed by atoms with Crippen molar-refractivity contribution in [2.75, 3.05) is 40.3 Å². The summed E-state index contributed by atoms with van der Waals surface area (Å²) in [6.45, 7) is 8.97. The molecule has 0 aromatic rings. The van der Waals surface area contributed by atoms with E-state index in [4.69, 9.17) is 5.73 Å². The maximum Gasteiger partial charge on any atom is 0.0254 e. The van der Waals surface area contributed by atoms with Crippen LogP contribution in [0.5, 0.6) is 0 Å². The first-order valence-electron chi connectivity index (χ1n) is 5.63. The molecule has 0 bridgehead atoms. The van der Waals surface area contributed by atoms with E-state index in [0.29, 0.717) is 5.92 Å². The summed E-state index contributed by atoms with van der Waals surface area (Å²) in [6, 6.07) is 0.722. The molecule has 0 radical (unpaired) electrons. The van der Waals surface area contributed by atoms with Crippen molar-refractivity contribution in [2.45, 2.75) is 19.9 Å². The van der Waals surface area contributed by atoms with Gasteiger partial charge in [-0.3, -0.25) is 0 Å². The number of likely N-dealkylation sites (N-methyl/N-ethyl adjacent to an activating group) is 1. The molecule has 0 spiro atoms. The first-order chi connectivity index (χ1) is 6.54. The molecule has 1 saturated heterocycles. The van der Waals surface area contributed by atoms with Gasteiger partial charge in [0.25, 0.3) is 0 Å². The Labute approximate surface area is 88.2 Å². The summed E-state index contributed by atoms with van der Waals surface area (Å²) in [5.41, 5.74) is 5.64. The lowest BCUT2D eigenvalue weighted by Gasteiger charge is -2.23. The minimum absolute atomic E-state index is 0.628. The highest BCUT2D eigenvalue weighted by molar-refractivity contribution is 4.86. The highest BCUT2D eigenvalue weighted by Crippen LogP contribution is 2.20. The lowest BCUT2D eigenvalue weighted by Crippen LogP contribution is -2.35. The molecule has 1 heterocycles. The van der Waals surface area contributed by atoms with Gasteiger partial charge in [0.15, 0.2) is 0 Å². The highest BCUT2D eigenvalue weighted by Gasteiger charge is 2.30. The van der Waals surface area contributed by atoms with Gasteiger partial charge in [-0.15, -0.1) is 0 Å². The molecule has 0 amide bonds. The van der Waals surface area contributed by atoms with Crippen LogP contribution in [-0.4, -0.2) is 56.1 Å². The molecule has 14 heavy (non-hydrogen) atoms. The van der Waals surface area contributed by atoms with Gasteiger partial charge < -0.3 is 15.5 Å². The Balaban J connectivity index is 2.38. The van der Waals surface area contributed by atoms with Gasteiger partial charge in [0, 0.05) is 25.7 Å². The van der Waals surface area contributed by atoms with Crippen LogP contribution in [0.2, 0.25) is 0 Å². The van der Waals surface area contributed by atoms with Crippen LogP contribution in [0.1, 0.15) is 13.8 Å². The summed E-state index contributed by atoms with van der Waals surface area (Å²) in [6.07, 6.45) is 0. The van der Waals surface area contributed by atoms with Gasteiger partial charge in [0.05, 0.1) is 0 Å². The minimum Gasteiger partial charge on any atom is -0.330 e. The van der Waals surface area contributed by atoms with Crippen LogP contribution in [0.15, 0.2) is 0 Å². The second-order valence-electron chi connectivity index (χ2n) is 5.07. The van der Waals surface area contributed by atoms with E-state index < -0.39 is 0 Å². The summed E-state index contributed by atoms with van der Waals surface area (Å²) in [5, 5.41) is 0. The number of rotatable bonds is 4. The van der Waals surface area contributed by atoms with Crippen LogP contribution in [0.4, 0.5) is 0 Å². The Kier molecular flexibility index (Phi) is 4.35. The van der Waals surface area contributed by atoms with Crippen molar-refractivity contribution < 1.29 is 0 Å². The molecule has 0 aromatic carbocycles. The quantitative estimate of drug-likeness (QED) is 0.714. The summed E-state index contributed by atoms with van der Waals surface area (Å²) in [4.78, 5) is 4.89. The van der Waals surface area contributed by atoms with Crippen LogP contribution in [-0.2, 0) is 0 Å². The lowest BCUT2D eigenvalue weighted by atomic mass is 10.1. The predicted octanol–water partition coefficient (Wildman–Crippen LogP) is 0.463. The summed E-state index contributed by atoms with van der Waals surface area (Å²) >= 11 is 0. The van der Waals surface area contributed by atoms with E-state index >= 15 is 0 Å². The molecule has 84 valence electrons. The third-order valence-corrected chi connectivity index (χ3v) is 3.28. The number of hydrogen-bond acceptors (Lipinski definition) is 3. The van der Waals surface area contributed by atoms with E-state index in [9.17, 15) is 0 Å². The predicted molar refractivity (Wildman–Crippen MR) is 61.3 cm³/mol. The Hall–Kier alpha value is -0.120. The molecule has 3 heteroatoms. The second-order valence-corrected chi connectivity index (χ2v) is 5.07. The minimum atomic E-state index is 0.628. The van der Waals surface area contributed by atoms with E-state index in [2.05, 4.69) is 37.7 Å². The lowest BCUT2D eigenvalue weighted by molar-refractivity contribution is 0.242. The summed E-state index contributed by atoms with van der Waals surface area (Å²) < 4.78 is 0. The smallest absolute Gasteiger partial charge is 0.0254 e. The number of hydrogen-bond donors (Lipinski definition) is 1. The standard InChI is InChI=1S/C11H25N3/c1-9(5-12)6-14-7-10(2)11(8-14)13(3)4/h9-11H,5-8,12H2,1-4H3. The Morgan fingerprint density at radius 3 is 2.50 bits per heavy atom. The van der Waals surface area contributed by atoms with Crippen LogP contribution < -0.4 is 5.73 Å². The largest absolute Gasteiger partial charge is 0.330 e. The molecule has 0 aromatic heterocycles. The van der Waals surface area contributed by atoms with E-state index in [1.54, 1.807) is 0 Å². The fraction of sp³-hybridized carbons (Fsp3) is 1.00. The molecule has 2 N–H and O–H groups in total. The van der Waals surface area contributed by atoms with E-state index in [-0.39, 0.29) is 0 Å².